The van der Waals surface area contributed by atoms with Crippen LogP contribution in [0.15, 0.2) is 53.7 Å². The zero-order valence-corrected chi connectivity index (χ0v) is 13.1. The molecule has 1 aromatic carbocycles. The number of carbonyl (C=O) groups excluding carboxylic acids is 1. The molecule has 1 amide bonds. The van der Waals surface area contributed by atoms with Crippen LogP contribution < -0.4 is 10.0 Å². The van der Waals surface area contributed by atoms with Gasteiger partial charge in [0.2, 0.25) is 5.91 Å². The van der Waals surface area contributed by atoms with E-state index in [0.29, 0.717) is 21.0 Å². The van der Waals surface area contributed by atoms with Gasteiger partial charge in [-0.1, -0.05) is 12.1 Å². The van der Waals surface area contributed by atoms with Crippen molar-refractivity contribution in [3.63, 3.8) is 0 Å². The number of pyridine rings is 1. The number of nitrogens with zero attached hydrogens (tertiary/aromatic N) is 1. The highest BCUT2D eigenvalue weighted by molar-refractivity contribution is 7.99. The lowest BCUT2D eigenvalue weighted by Crippen LogP contribution is -2.28. The van der Waals surface area contributed by atoms with Crippen LogP contribution in [0.2, 0.25) is 0 Å². The second-order valence-electron chi connectivity index (χ2n) is 4.89. The summed E-state index contributed by atoms with van der Waals surface area (Å²) in [5.41, 5.74) is 1.25. The summed E-state index contributed by atoms with van der Waals surface area (Å²) in [6, 6.07) is 11.8. The number of aromatic nitrogens is 1. The second-order valence-corrected chi connectivity index (χ2v) is 5.88. The van der Waals surface area contributed by atoms with E-state index in [4.69, 9.17) is 5.11 Å². The minimum Gasteiger partial charge on any atom is -0.618 e. The Morgan fingerprint density at radius 3 is 2.91 bits per heavy atom. The Balaban J connectivity index is 1.90. The van der Waals surface area contributed by atoms with Gasteiger partial charge in [0.15, 0.2) is 6.20 Å². The highest BCUT2D eigenvalue weighted by Gasteiger charge is 2.10. The second kappa shape index (κ2) is 8.50. The lowest BCUT2D eigenvalue weighted by atomic mass is 10.1. The molecule has 0 radical (unpaired) electrons. The summed E-state index contributed by atoms with van der Waals surface area (Å²) >= 11 is 1.14. The van der Waals surface area contributed by atoms with Crippen molar-refractivity contribution in [1.82, 2.24) is 0 Å². The number of anilines is 1. The van der Waals surface area contributed by atoms with E-state index in [2.05, 4.69) is 5.32 Å². The molecule has 1 heterocycles. The molecule has 1 unspecified atom stereocenters. The van der Waals surface area contributed by atoms with Gasteiger partial charge in [0.25, 0.3) is 5.03 Å². The normalized spacial score (nSPS) is 11.9. The summed E-state index contributed by atoms with van der Waals surface area (Å²) in [5.74, 6) is -0.159. The molecule has 0 saturated heterocycles. The third-order valence-electron chi connectivity index (χ3n) is 3.01. The van der Waals surface area contributed by atoms with E-state index in [-0.39, 0.29) is 18.1 Å². The third kappa shape index (κ3) is 5.54. The van der Waals surface area contributed by atoms with Crippen LogP contribution in [0.5, 0.6) is 0 Å². The summed E-state index contributed by atoms with van der Waals surface area (Å²) in [6.07, 6.45) is 0.148. The zero-order chi connectivity index (χ0) is 16.7. The number of alkyl halides is 1. The molecule has 0 aliphatic carbocycles. The average Bonchev–Trinajstić information content (AvgIpc) is 2.54. The third-order valence-corrected chi connectivity index (χ3v) is 4.02. The van der Waals surface area contributed by atoms with Crippen molar-refractivity contribution in [1.29, 1.82) is 0 Å². The van der Waals surface area contributed by atoms with Crippen LogP contribution in [0, 0.1) is 5.21 Å². The van der Waals surface area contributed by atoms with Gasteiger partial charge in [0.1, 0.15) is 6.17 Å². The van der Waals surface area contributed by atoms with E-state index in [1.54, 1.807) is 42.5 Å². The predicted octanol–water partition coefficient (Wildman–Crippen LogP) is 1.92. The fourth-order valence-electron chi connectivity index (χ4n) is 1.96. The van der Waals surface area contributed by atoms with Gasteiger partial charge >= 0.3 is 0 Å². The molecule has 0 spiro atoms. The van der Waals surface area contributed by atoms with Crippen LogP contribution in [-0.2, 0) is 11.2 Å². The van der Waals surface area contributed by atoms with E-state index in [1.165, 1.54) is 6.20 Å². The van der Waals surface area contributed by atoms with Crippen molar-refractivity contribution in [3.8, 4) is 0 Å². The molecule has 5 nitrogen and oxygen atoms in total. The maximum absolute atomic E-state index is 13.2. The standard InChI is InChI=1S/C16H17FN2O3S/c17-13(10-20)8-12-4-3-5-14(9-12)18-15(21)11-23-16-6-1-2-7-19(16)22/h1-7,9,13,20H,8,10-11H2,(H,18,21). The number of hydrogen-bond acceptors (Lipinski definition) is 4. The Morgan fingerprint density at radius 1 is 1.35 bits per heavy atom. The number of aliphatic hydroxyl groups excluding tert-OH is 1. The number of benzene rings is 1. The van der Waals surface area contributed by atoms with Gasteiger partial charge in [0, 0.05) is 24.2 Å². The average molecular weight is 336 g/mol. The maximum atomic E-state index is 13.2. The fourth-order valence-corrected chi connectivity index (χ4v) is 2.67. The minimum absolute atomic E-state index is 0.0924. The summed E-state index contributed by atoms with van der Waals surface area (Å²) in [7, 11) is 0. The molecule has 2 rings (SSSR count). The SMILES string of the molecule is O=C(CSc1cccc[n+]1[O-])Nc1cccc(CC(F)CO)c1. The molecule has 1 aromatic heterocycles. The van der Waals surface area contributed by atoms with E-state index in [1.807, 2.05) is 0 Å². The molecule has 0 aliphatic rings. The van der Waals surface area contributed by atoms with Crippen molar-refractivity contribution in [2.24, 2.45) is 0 Å². The van der Waals surface area contributed by atoms with Gasteiger partial charge in [-0.05, 0) is 35.5 Å². The predicted molar refractivity (Wildman–Crippen MR) is 86.9 cm³/mol. The molecule has 0 fully saturated rings. The largest absolute Gasteiger partial charge is 0.618 e. The highest BCUT2D eigenvalue weighted by atomic mass is 32.2. The monoisotopic (exact) mass is 336 g/mol. The number of aliphatic hydroxyl groups is 1. The Hall–Kier alpha value is -2.12. The number of thioether (sulfide) groups is 1. The van der Waals surface area contributed by atoms with Crippen LogP contribution in [0.25, 0.3) is 0 Å². The minimum atomic E-state index is -1.32. The first-order valence-corrected chi connectivity index (χ1v) is 8.01. The molecular formula is C16H17FN2O3S. The molecule has 23 heavy (non-hydrogen) atoms. The highest BCUT2D eigenvalue weighted by Crippen LogP contribution is 2.16. The van der Waals surface area contributed by atoms with Gasteiger partial charge < -0.3 is 15.6 Å². The van der Waals surface area contributed by atoms with Gasteiger partial charge in [-0.2, -0.15) is 4.73 Å². The Morgan fingerprint density at radius 2 is 2.17 bits per heavy atom. The van der Waals surface area contributed by atoms with Crippen LogP contribution >= 0.6 is 11.8 Å². The Kier molecular flexibility index (Phi) is 6.37. The van der Waals surface area contributed by atoms with Crippen LogP contribution in [0.1, 0.15) is 5.56 Å². The van der Waals surface area contributed by atoms with E-state index in [0.717, 1.165) is 11.8 Å². The summed E-state index contributed by atoms with van der Waals surface area (Å²) in [6.45, 7) is -0.528. The van der Waals surface area contributed by atoms with Gasteiger partial charge in [-0.25, -0.2) is 4.39 Å². The lowest BCUT2D eigenvalue weighted by Gasteiger charge is -2.09. The number of carbonyl (C=O) groups is 1. The van der Waals surface area contributed by atoms with Crippen molar-refractivity contribution >= 4 is 23.4 Å². The zero-order valence-electron chi connectivity index (χ0n) is 12.3. The van der Waals surface area contributed by atoms with E-state index in [9.17, 15) is 14.4 Å². The number of rotatable bonds is 7. The molecule has 1 atom stereocenters. The van der Waals surface area contributed by atoms with Crippen molar-refractivity contribution in [2.45, 2.75) is 17.6 Å². The van der Waals surface area contributed by atoms with Crippen molar-refractivity contribution in [3.05, 3.63) is 59.4 Å². The quantitative estimate of drug-likeness (QED) is 0.460. The Bertz CT molecular complexity index is 669. The van der Waals surface area contributed by atoms with Gasteiger partial charge in [0.05, 0.1) is 12.4 Å². The number of hydrogen-bond donors (Lipinski definition) is 2. The van der Waals surface area contributed by atoms with E-state index < -0.39 is 12.8 Å². The molecule has 0 saturated carbocycles. The smallest absolute Gasteiger partial charge is 0.251 e. The summed E-state index contributed by atoms with van der Waals surface area (Å²) in [5, 5.41) is 23.4. The molecule has 7 heteroatoms. The van der Waals surface area contributed by atoms with Crippen molar-refractivity contribution in [2.75, 3.05) is 17.7 Å². The first kappa shape index (κ1) is 17.2. The summed E-state index contributed by atoms with van der Waals surface area (Å²) < 4.78 is 13.9. The lowest BCUT2D eigenvalue weighted by molar-refractivity contribution is -0.645. The fraction of sp³-hybridized carbons (Fsp3) is 0.250. The molecular weight excluding hydrogens is 319 g/mol. The molecule has 0 aliphatic heterocycles. The van der Waals surface area contributed by atoms with Crippen molar-refractivity contribution < 1.29 is 19.0 Å². The topological polar surface area (TPSA) is 76.3 Å². The van der Waals surface area contributed by atoms with E-state index >= 15 is 0 Å². The summed E-state index contributed by atoms with van der Waals surface area (Å²) in [4.78, 5) is 11.9. The first-order valence-electron chi connectivity index (χ1n) is 7.03. The van der Waals surface area contributed by atoms with Gasteiger partial charge in [-0.15, -0.1) is 0 Å². The van der Waals surface area contributed by atoms with Crippen LogP contribution in [0.4, 0.5) is 10.1 Å². The number of nitrogens with one attached hydrogen (secondary N) is 1. The van der Waals surface area contributed by atoms with Gasteiger partial charge in [-0.3, -0.25) is 4.79 Å². The first-order chi connectivity index (χ1) is 11.1. The number of amides is 1. The van der Waals surface area contributed by atoms with Crippen LogP contribution in [-0.4, -0.2) is 29.5 Å². The number of halogens is 1. The molecule has 122 valence electrons. The van der Waals surface area contributed by atoms with Crippen LogP contribution in [0.3, 0.4) is 0 Å². The molecule has 2 N–H and O–H groups in total. The Labute approximate surface area is 137 Å². The molecule has 0 bridgehead atoms. The molecule has 2 aromatic rings. The maximum Gasteiger partial charge on any atom is 0.251 e.